The zero-order valence-electron chi connectivity index (χ0n) is 14.8. The first-order valence-electron chi connectivity index (χ1n) is 8.96. The van der Waals surface area contributed by atoms with E-state index in [1.807, 2.05) is 42.6 Å². The van der Waals surface area contributed by atoms with Gasteiger partial charge in [-0.15, -0.1) is 0 Å². The summed E-state index contributed by atoms with van der Waals surface area (Å²) in [6.45, 7) is 6.71. The number of aromatic nitrogens is 2. The van der Waals surface area contributed by atoms with Gasteiger partial charge in [0.1, 0.15) is 0 Å². The molecule has 0 unspecified atom stereocenters. The Kier molecular flexibility index (Phi) is 6.20. The van der Waals surface area contributed by atoms with Gasteiger partial charge in [0.15, 0.2) is 0 Å². The van der Waals surface area contributed by atoms with Crippen molar-refractivity contribution in [2.45, 2.75) is 31.7 Å². The van der Waals surface area contributed by atoms with Gasteiger partial charge < -0.3 is 10.2 Å². The molecule has 1 aromatic heterocycles. The second kappa shape index (κ2) is 8.58. The van der Waals surface area contributed by atoms with Crippen LogP contribution in [0.2, 0.25) is 0 Å². The summed E-state index contributed by atoms with van der Waals surface area (Å²) in [5.74, 6) is 0. The molecular weight excluding hydrogens is 316 g/mol. The monoisotopic (exact) mass is 344 g/mol. The van der Waals surface area contributed by atoms with Gasteiger partial charge in [0, 0.05) is 51.2 Å². The summed E-state index contributed by atoms with van der Waals surface area (Å²) in [5, 5.41) is 24.8. The maximum Gasteiger partial charge on any atom is 0.0917 e. The average molecular weight is 344 g/mol. The van der Waals surface area contributed by atoms with Crippen LogP contribution in [-0.4, -0.2) is 74.7 Å². The van der Waals surface area contributed by atoms with Gasteiger partial charge in [-0.1, -0.05) is 30.3 Å². The van der Waals surface area contributed by atoms with E-state index in [-0.39, 0.29) is 0 Å². The van der Waals surface area contributed by atoms with Crippen LogP contribution in [0.4, 0.5) is 0 Å². The molecule has 0 spiro atoms. The van der Waals surface area contributed by atoms with Crippen LogP contribution in [0, 0.1) is 0 Å². The van der Waals surface area contributed by atoms with E-state index in [2.05, 4.69) is 21.8 Å². The molecule has 3 rings (SSSR count). The highest BCUT2D eigenvalue weighted by Crippen LogP contribution is 2.18. The molecule has 1 saturated heterocycles. The Morgan fingerprint density at radius 2 is 1.88 bits per heavy atom. The maximum atomic E-state index is 10.4. The normalized spacial score (nSPS) is 22.0. The van der Waals surface area contributed by atoms with Gasteiger partial charge in [0.05, 0.1) is 18.8 Å². The van der Waals surface area contributed by atoms with Crippen molar-refractivity contribution in [3.8, 4) is 0 Å². The molecular formula is C19H28N4O2. The SMILES string of the molecule is C[C@@H]1CN(C[C@@H](O)Cn2cccn2)CCN1C[C@@H](O)c1ccccc1. The lowest BCUT2D eigenvalue weighted by molar-refractivity contribution is 0.0167. The van der Waals surface area contributed by atoms with Crippen molar-refractivity contribution >= 4 is 0 Å². The molecule has 2 aromatic rings. The maximum absolute atomic E-state index is 10.4. The third-order valence-electron chi connectivity index (χ3n) is 4.87. The van der Waals surface area contributed by atoms with Crippen molar-refractivity contribution in [2.24, 2.45) is 0 Å². The Hall–Kier alpha value is -1.73. The number of hydrogen-bond acceptors (Lipinski definition) is 5. The van der Waals surface area contributed by atoms with Crippen molar-refractivity contribution in [2.75, 3.05) is 32.7 Å². The van der Waals surface area contributed by atoms with E-state index in [9.17, 15) is 10.2 Å². The summed E-state index contributed by atoms with van der Waals surface area (Å²) in [6.07, 6.45) is 2.72. The van der Waals surface area contributed by atoms with Crippen molar-refractivity contribution in [3.05, 3.63) is 54.4 Å². The molecule has 2 N–H and O–H groups in total. The van der Waals surface area contributed by atoms with Crippen molar-refractivity contribution in [3.63, 3.8) is 0 Å². The number of nitrogens with zero attached hydrogens (tertiary/aromatic N) is 4. The van der Waals surface area contributed by atoms with Crippen LogP contribution in [-0.2, 0) is 6.54 Å². The third kappa shape index (κ3) is 5.12. The standard InChI is InChI=1S/C19H28N4O2/c1-16-12-21(13-18(24)14-23-9-5-8-20-23)10-11-22(16)15-19(25)17-6-3-2-4-7-17/h2-9,16,18-19,24-25H,10-15H2,1H3/t16-,18-,19-/m1/s1. The molecule has 25 heavy (non-hydrogen) atoms. The first kappa shape index (κ1) is 18.1. The van der Waals surface area contributed by atoms with Crippen LogP contribution in [0.1, 0.15) is 18.6 Å². The molecule has 1 aliphatic rings. The van der Waals surface area contributed by atoms with E-state index in [1.165, 1.54) is 0 Å². The second-order valence-electron chi connectivity index (χ2n) is 6.91. The quantitative estimate of drug-likeness (QED) is 0.784. The minimum atomic E-state index is -0.458. The van der Waals surface area contributed by atoms with Crippen molar-refractivity contribution < 1.29 is 10.2 Å². The van der Waals surface area contributed by atoms with Gasteiger partial charge in [0.25, 0.3) is 0 Å². The van der Waals surface area contributed by atoms with E-state index in [4.69, 9.17) is 0 Å². The van der Waals surface area contributed by atoms with E-state index >= 15 is 0 Å². The number of benzene rings is 1. The average Bonchev–Trinajstić information content (AvgIpc) is 3.11. The summed E-state index contributed by atoms with van der Waals surface area (Å²) in [6, 6.07) is 12.0. The lowest BCUT2D eigenvalue weighted by atomic mass is 10.1. The largest absolute Gasteiger partial charge is 0.390 e. The molecule has 3 atom stereocenters. The Bertz CT molecular complexity index is 620. The molecule has 1 aliphatic heterocycles. The molecule has 0 aliphatic carbocycles. The molecule has 1 fully saturated rings. The molecule has 2 heterocycles. The smallest absolute Gasteiger partial charge is 0.0917 e. The predicted molar refractivity (Wildman–Crippen MR) is 97.1 cm³/mol. The summed E-state index contributed by atoms with van der Waals surface area (Å²) in [4.78, 5) is 4.62. The summed E-state index contributed by atoms with van der Waals surface area (Å²) >= 11 is 0. The first-order valence-corrected chi connectivity index (χ1v) is 8.96. The van der Waals surface area contributed by atoms with E-state index < -0.39 is 12.2 Å². The zero-order chi connectivity index (χ0) is 17.6. The van der Waals surface area contributed by atoms with Gasteiger partial charge >= 0.3 is 0 Å². The molecule has 0 radical (unpaired) electrons. The molecule has 0 saturated carbocycles. The fraction of sp³-hybridized carbons (Fsp3) is 0.526. The van der Waals surface area contributed by atoms with Gasteiger partial charge in [0.2, 0.25) is 0 Å². The predicted octanol–water partition coefficient (Wildman–Crippen LogP) is 0.984. The van der Waals surface area contributed by atoms with Crippen LogP contribution in [0.3, 0.4) is 0 Å². The Balaban J connectivity index is 1.45. The fourth-order valence-electron chi connectivity index (χ4n) is 3.49. The number of aliphatic hydroxyl groups excluding tert-OH is 2. The topological polar surface area (TPSA) is 64.8 Å². The van der Waals surface area contributed by atoms with E-state index in [0.29, 0.717) is 25.7 Å². The van der Waals surface area contributed by atoms with Crippen LogP contribution >= 0.6 is 0 Å². The highest BCUT2D eigenvalue weighted by Gasteiger charge is 2.26. The fourth-order valence-corrected chi connectivity index (χ4v) is 3.49. The first-order chi connectivity index (χ1) is 12.1. The number of rotatable bonds is 7. The number of aliphatic hydroxyl groups is 2. The molecule has 6 nitrogen and oxygen atoms in total. The number of piperazine rings is 1. The van der Waals surface area contributed by atoms with Crippen LogP contribution < -0.4 is 0 Å². The minimum Gasteiger partial charge on any atom is -0.390 e. The van der Waals surface area contributed by atoms with Crippen LogP contribution in [0.15, 0.2) is 48.8 Å². The highest BCUT2D eigenvalue weighted by molar-refractivity contribution is 5.17. The van der Waals surface area contributed by atoms with E-state index in [1.54, 1.807) is 10.9 Å². The minimum absolute atomic E-state index is 0.351. The molecule has 0 amide bonds. The van der Waals surface area contributed by atoms with Crippen molar-refractivity contribution in [1.29, 1.82) is 0 Å². The lowest BCUT2D eigenvalue weighted by Crippen LogP contribution is -2.54. The second-order valence-corrected chi connectivity index (χ2v) is 6.91. The Morgan fingerprint density at radius 1 is 1.08 bits per heavy atom. The van der Waals surface area contributed by atoms with Crippen LogP contribution in [0.25, 0.3) is 0 Å². The van der Waals surface area contributed by atoms with Gasteiger partial charge in [-0.25, -0.2) is 0 Å². The Morgan fingerprint density at radius 3 is 2.56 bits per heavy atom. The van der Waals surface area contributed by atoms with Crippen molar-refractivity contribution in [1.82, 2.24) is 19.6 Å². The molecule has 1 aromatic carbocycles. The summed E-state index contributed by atoms with van der Waals surface area (Å²) in [5.41, 5.74) is 0.965. The number of β-amino-alcohol motifs (C(OH)–C–C–N with tert-alkyl or cyclic N) is 2. The number of hydrogen-bond donors (Lipinski definition) is 2. The van der Waals surface area contributed by atoms with Gasteiger partial charge in [-0.2, -0.15) is 5.10 Å². The summed E-state index contributed by atoms with van der Waals surface area (Å²) in [7, 11) is 0. The van der Waals surface area contributed by atoms with E-state index in [0.717, 1.165) is 25.2 Å². The zero-order valence-corrected chi connectivity index (χ0v) is 14.8. The van der Waals surface area contributed by atoms with Gasteiger partial charge in [-0.3, -0.25) is 14.5 Å². The van der Waals surface area contributed by atoms with Crippen LogP contribution in [0.5, 0.6) is 0 Å². The van der Waals surface area contributed by atoms with Gasteiger partial charge in [-0.05, 0) is 18.6 Å². The summed E-state index contributed by atoms with van der Waals surface area (Å²) < 4.78 is 1.76. The lowest BCUT2D eigenvalue weighted by Gasteiger charge is -2.41. The molecule has 6 heteroatoms. The molecule has 136 valence electrons. The molecule has 0 bridgehead atoms. The highest BCUT2D eigenvalue weighted by atomic mass is 16.3. The Labute approximate surface area is 149 Å². The third-order valence-corrected chi connectivity index (χ3v) is 4.87.